The van der Waals surface area contributed by atoms with E-state index < -0.39 is 23.8 Å². The van der Waals surface area contributed by atoms with Gasteiger partial charge in [0.15, 0.2) is 0 Å². The van der Waals surface area contributed by atoms with Crippen molar-refractivity contribution in [1.29, 1.82) is 0 Å². The van der Waals surface area contributed by atoms with E-state index in [0.717, 1.165) is 10.1 Å². The van der Waals surface area contributed by atoms with Gasteiger partial charge in [0.05, 0.1) is 29.9 Å². The predicted molar refractivity (Wildman–Crippen MR) is 104 cm³/mol. The first-order valence-electron chi connectivity index (χ1n) is 8.58. The molecule has 1 aliphatic rings. The molecule has 7 nitrogen and oxygen atoms in total. The van der Waals surface area contributed by atoms with Crippen LogP contribution in [0.5, 0.6) is 5.75 Å². The number of rotatable bonds is 4. The molecule has 3 aromatic rings. The second-order valence-electron chi connectivity index (χ2n) is 6.32. The van der Waals surface area contributed by atoms with Crippen LogP contribution >= 0.6 is 11.3 Å². The number of thiophene rings is 1. The van der Waals surface area contributed by atoms with E-state index in [9.17, 15) is 14.0 Å². The van der Waals surface area contributed by atoms with Gasteiger partial charge in [0, 0.05) is 17.3 Å². The fourth-order valence-electron chi connectivity index (χ4n) is 3.19. The lowest BCUT2D eigenvalue weighted by Crippen LogP contribution is -2.45. The van der Waals surface area contributed by atoms with Crippen molar-refractivity contribution in [2.45, 2.75) is 12.0 Å². The molecule has 1 fully saturated rings. The first-order chi connectivity index (χ1) is 13.5. The zero-order chi connectivity index (χ0) is 19.7. The Morgan fingerprint density at radius 3 is 2.93 bits per heavy atom. The lowest BCUT2D eigenvalue weighted by Gasteiger charge is -2.18. The quantitative estimate of drug-likeness (QED) is 0.628. The van der Waals surface area contributed by atoms with Gasteiger partial charge < -0.3 is 15.4 Å². The number of benzene rings is 1. The van der Waals surface area contributed by atoms with Crippen LogP contribution in [0.3, 0.4) is 0 Å². The van der Waals surface area contributed by atoms with E-state index in [4.69, 9.17) is 4.74 Å². The molecule has 28 heavy (non-hydrogen) atoms. The van der Waals surface area contributed by atoms with Crippen LogP contribution < -0.4 is 20.7 Å². The molecule has 4 rings (SSSR count). The second-order valence-corrected chi connectivity index (χ2v) is 7.40. The van der Waals surface area contributed by atoms with E-state index in [1.54, 1.807) is 0 Å². The molecule has 1 aromatic carbocycles. The highest BCUT2D eigenvalue weighted by Gasteiger charge is 2.39. The summed E-state index contributed by atoms with van der Waals surface area (Å²) in [6.07, 6.45) is 1.38. The van der Waals surface area contributed by atoms with Crippen LogP contribution in [-0.4, -0.2) is 36.6 Å². The summed E-state index contributed by atoms with van der Waals surface area (Å²) in [7, 11) is 1.42. The first-order valence-corrected chi connectivity index (χ1v) is 9.40. The third kappa shape index (κ3) is 3.48. The fourth-order valence-corrected chi connectivity index (χ4v) is 4.15. The Balaban J connectivity index is 1.50. The largest absolute Gasteiger partial charge is 0.495 e. The highest BCUT2D eigenvalue weighted by molar-refractivity contribution is 7.22. The van der Waals surface area contributed by atoms with Crippen molar-refractivity contribution in [3.8, 4) is 5.75 Å². The van der Waals surface area contributed by atoms with Crippen LogP contribution in [0.2, 0.25) is 0 Å². The molecular weight excluding hydrogens is 383 g/mol. The number of pyridine rings is 1. The van der Waals surface area contributed by atoms with Crippen LogP contribution in [0.15, 0.2) is 42.6 Å². The summed E-state index contributed by atoms with van der Waals surface area (Å²) in [6.45, 7) is 0.183. The summed E-state index contributed by atoms with van der Waals surface area (Å²) in [6, 6.07) is 9.36. The van der Waals surface area contributed by atoms with Crippen LogP contribution in [0.1, 0.15) is 11.6 Å². The molecule has 1 saturated heterocycles. The van der Waals surface area contributed by atoms with Gasteiger partial charge in [-0.2, -0.15) is 0 Å². The number of methoxy groups -OCH3 is 1. The number of ether oxygens (including phenoxy) is 1. The molecule has 3 amide bonds. The Morgan fingerprint density at radius 2 is 2.18 bits per heavy atom. The van der Waals surface area contributed by atoms with Crippen LogP contribution in [0.25, 0.3) is 10.1 Å². The predicted octanol–water partition coefficient (Wildman–Crippen LogP) is 2.85. The van der Waals surface area contributed by atoms with E-state index in [1.807, 2.05) is 30.3 Å². The molecule has 144 valence electrons. The van der Waals surface area contributed by atoms with Crippen molar-refractivity contribution in [3.63, 3.8) is 0 Å². The zero-order valence-electron chi connectivity index (χ0n) is 14.9. The van der Waals surface area contributed by atoms with Crippen molar-refractivity contribution < 1.29 is 18.7 Å². The lowest BCUT2D eigenvalue weighted by atomic mass is 9.98. The van der Waals surface area contributed by atoms with Gasteiger partial charge in [0.1, 0.15) is 17.6 Å². The normalized spacial score (nSPS) is 18.7. The topological polar surface area (TPSA) is 92.3 Å². The average molecular weight is 400 g/mol. The van der Waals surface area contributed by atoms with Gasteiger partial charge in [0.2, 0.25) is 5.91 Å². The monoisotopic (exact) mass is 400 g/mol. The maximum absolute atomic E-state index is 14.4. The van der Waals surface area contributed by atoms with E-state index in [-0.39, 0.29) is 23.9 Å². The number of fused-ring (bicyclic) bond motifs is 1. The number of aromatic nitrogens is 1. The highest BCUT2D eigenvalue weighted by atomic mass is 32.1. The third-order valence-corrected chi connectivity index (χ3v) is 5.59. The average Bonchev–Trinajstić information content (AvgIpc) is 3.25. The van der Waals surface area contributed by atoms with Crippen LogP contribution in [0, 0.1) is 5.82 Å². The van der Waals surface area contributed by atoms with Crippen LogP contribution in [-0.2, 0) is 4.79 Å². The summed E-state index contributed by atoms with van der Waals surface area (Å²) in [5.41, 5.74) is 0.103. The Labute approximate surface area is 163 Å². The second kappa shape index (κ2) is 7.43. The lowest BCUT2D eigenvalue weighted by molar-refractivity contribution is -0.120. The molecule has 0 radical (unpaired) electrons. The molecule has 0 unspecified atom stereocenters. The molecule has 2 atom stereocenters. The number of nitrogens with zero attached hydrogens (tertiary/aromatic N) is 1. The Hall–Kier alpha value is -3.20. The molecule has 0 saturated carbocycles. The van der Waals surface area contributed by atoms with Crippen molar-refractivity contribution in [1.82, 2.24) is 15.6 Å². The van der Waals surface area contributed by atoms with Crippen LogP contribution in [0.4, 0.5) is 14.2 Å². The summed E-state index contributed by atoms with van der Waals surface area (Å²) in [5, 5.41) is 9.69. The molecule has 1 aliphatic heterocycles. The number of carbonyl (C=O) groups is 2. The van der Waals surface area contributed by atoms with Gasteiger partial charge >= 0.3 is 6.03 Å². The molecule has 9 heteroatoms. The standard InChI is InChI=1S/C19H17FN4O3S/c1-27-11-7-13(20)16(21-8-11)12-9-22-18(25)17(12)24-19(26)23-15-6-10-4-2-3-5-14(10)28-15/h2-8,12,17H,9H2,1H3,(H,22,25)(H2,23,24,26)/t12-,17-/m0/s1. The van der Waals surface area contributed by atoms with Crippen molar-refractivity contribution in [2.24, 2.45) is 0 Å². The SMILES string of the molecule is COc1cnc([C@@H]2CNC(=O)[C@H]2NC(=O)Nc2cc3ccccc3s2)c(F)c1. The molecule has 0 bridgehead atoms. The maximum Gasteiger partial charge on any atom is 0.320 e. The molecule has 3 N–H and O–H groups in total. The number of urea groups is 1. The number of hydrogen-bond acceptors (Lipinski definition) is 5. The fraction of sp³-hybridized carbons (Fsp3) is 0.211. The molecule has 2 aromatic heterocycles. The number of nitrogens with one attached hydrogen (secondary N) is 3. The van der Waals surface area contributed by atoms with Gasteiger partial charge in [0.25, 0.3) is 0 Å². The van der Waals surface area contributed by atoms with Gasteiger partial charge in [-0.15, -0.1) is 11.3 Å². The van der Waals surface area contributed by atoms with E-state index in [1.165, 1.54) is 30.7 Å². The Morgan fingerprint density at radius 1 is 1.36 bits per heavy atom. The summed E-state index contributed by atoms with van der Waals surface area (Å²) >= 11 is 1.43. The minimum atomic E-state index is -0.926. The van der Waals surface area contributed by atoms with E-state index >= 15 is 0 Å². The maximum atomic E-state index is 14.4. The minimum absolute atomic E-state index is 0.103. The molecular formula is C19H17FN4O3S. The third-order valence-electron chi connectivity index (χ3n) is 4.56. The van der Waals surface area contributed by atoms with E-state index in [2.05, 4.69) is 20.9 Å². The number of halogens is 1. The van der Waals surface area contributed by atoms with Gasteiger partial charge in [-0.3, -0.25) is 15.1 Å². The number of hydrogen-bond donors (Lipinski definition) is 3. The minimum Gasteiger partial charge on any atom is -0.495 e. The number of amides is 3. The number of anilines is 1. The molecule has 0 aliphatic carbocycles. The zero-order valence-corrected chi connectivity index (χ0v) is 15.7. The summed E-state index contributed by atoms with van der Waals surface area (Å²) < 4.78 is 20.4. The van der Waals surface area contributed by atoms with Crippen molar-refractivity contribution >= 4 is 38.4 Å². The highest BCUT2D eigenvalue weighted by Crippen LogP contribution is 2.30. The summed E-state index contributed by atoms with van der Waals surface area (Å²) in [5.74, 6) is -1.30. The van der Waals surface area contributed by atoms with E-state index in [0.29, 0.717) is 5.00 Å². The first kappa shape index (κ1) is 18.2. The smallest absolute Gasteiger partial charge is 0.320 e. The van der Waals surface area contributed by atoms with Gasteiger partial charge in [-0.25, -0.2) is 9.18 Å². The Kier molecular flexibility index (Phi) is 4.82. The van der Waals surface area contributed by atoms with Gasteiger partial charge in [-0.1, -0.05) is 18.2 Å². The van der Waals surface area contributed by atoms with Crippen molar-refractivity contribution in [2.75, 3.05) is 19.0 Å². The summed E-state index contributed by atoms with van der Waals surface area (Å²) in [4.78, 5) is 28.7. The molecule has 0 spiro atoms. The number of carbonyl (C=O) groups excluding carboxylic acids is 2. The van der Waals surface area contributed by atoms with Gasteiger partial charge in [-0.05, 0) is 17.5 Å². The van der Waals surface area contributed by atoms with Crippen molar-refractivity contribution in [3.05, 3.63) is 54.1 Å². The Bertz CT molecular complexity index is 1020. The molecule has 3 heterocycles.